The highest BCUT2D eigenvalue weighted by Gasteiger charge is 2.19. The molecule has 1 aliphatic heterocycles. The van der Waals surface area contributed by atoms with E-state index < -0.39 is 11.6 Å². The average molecular weight is 243 g/mol. The summed E-state index contributed by atoms with van der Waals surface area (Å²) in [7, 11) is 0. The van der Waals surface area contributed by atoms with Crippen molar-refractivity contribution < 1.29 is 13.5 Å². The summed E-state index contributed by atoms with van der Waals surface area (Å²) in [6, 6.07) is 0.875. The van der Waals surface area contributed by atoms with Crippen molar-refractivity contribution in [3.05, 3.63) is 17.7 Å². The third-order valence-electron chi connectivity index (χ3n) is 2.54. The lowest BCUT2D eigenvalue weighted by Gasteiger charge is -2.13. The second-order valence-electron chi connectivity index (χ2n) is 3.88. The van der Waals surface area contributed by atoms with Crippen LogP contribution in [0, 0.1) is 11.6 Å². The Morgan fingerprint density at radius 1 is 1.41 bits per heavy atom. The topological polar surface area (TPSA) is 46.2 Å². The van der Waals surface area contributed by atoms with Crippen LogP contribution in [-0.2, 0) is 4.74 Å². The SMILES string of the molecule is CCNc1nc(NC2CCOC2)c(F)cc1F. The van der Waals surface area contributed by atoms with Gasteiger partial charge in [-0.25, -0.2) is 13.8 Å². The van der Waals surface area contributed by atoms with Crippen LogP contribution in [0.25, 0.3) is 0 Å². The van der Waals surface area contributed by atoms with E-state index in [0.717, 1.165) is 12.5 Å². The highest BCUT2D eigenvalue weighted by Crippen LogP contribution is 2.21. The molecular weight excluding hydrogens is 228 g/mol. The van der Waals surface area contributed by atoms with Gasteiger partial charge >= 0.3 is 0 Å². The standard InChI is InChI=1S/C11H15F2N3O/c1-2-14-10-8(12)5-9(13)11(16-10)15-7-3-4-17-6-7/h5,7H,2-4,6H2,1H3,(H2,14,15,16). The molecule has 1 fully saturated rings. The molecule has 94 valence electrons. The maximum absolute atomic E-state index is 13.5. The molecule has 0 aromatic carbocycles. The maximum atomic E-state index is 13.5. The van der Waals surface area contributed by atoms with Gasteiger partial charge in [-0.2, -0.15) is 0 Å². The normalized spacial score (nSPS) is 19.4. The number of halogens is 2. The third-order valence-corrected chi connectivity index (χ3v) is 2.54. The Morgan fingerprint density at radius 2 is 2.18 bits per heavy atom. The Hall–Kier alpha value is -1.43. The maximum Gasteiger partial charge on any atom is 0.168 e. The number of nitrogens with one attached hydrogen (secondary N) is 2. The monoisotopic (exact) mass is 243 g/mol. The van der Waals surface area contributed by atoms with E-state index in [-0.39, 0.29) is 17.7 Å². The van der Waals surface area contributed by atoms with Gasteiger partial charge in [-0.15, -0.1) is 0 Å². The van der Waals surface area contributed by atoms with E-state index in [0.29, 0.717) is 19.8 Å². The number of rotatable bonds is 4. The summed E-state index contributed by atoms with van der Waals surface area (Å²) in [5, 5.41) is 5.66. The summed E-state index contributed by atoms with van der Waals surface area (Å²) < 4.78 is 32.0. The molecule has 0 spiro atoms. The zero-order valence-corrected chi connectivity index (χ0v) is 9.59. The van der Waals surface area contributed by atoms with Crippen molar-refractivity contribution in [2.75, 3.05) is 30.4 Å². The van der Waals surface area contributed by atoms with Crippen LogP contribution < -0.4 is 10.6 Å². The molecule has 0 bridgehead atoms. The van der Waals surface area contributed by atoms with Crippen molar-refractivity contribution in [1.82, 2.24) is 4.98 Å². The van der Waals surface area contributed by atoms with Crippen LogP contribution in [0.1, 0.15) is 13.3 Å². The first-order chi connectivity index (χ1) is 8.20. The number of nitrogens with zero attached hydrogens (tertiary/aromatic N) is 1. The van der Waals surface area contributed by atoms with Crippen LogP contribution in [0.5, 0.6) is 0 Å². The molecule has 4 nitrogen and oxygen atoms in total. The van der Waals surface area contributed by atoms with Crippen molar-refractivity contribution in [2.24, 2.45) is 0 Å². The fourth-order valence-electron chi connectivity index (χ4n) is 1.70. The molecule has 0 amide bonds. The van der Waals surface area contributed by atoms with Crippen molar-refractivity contribution >= 4 is 11.6 Å². The molecule has 0 aliphatic carbocycles. The van der Waals surface area contributed by atoms with Crippen molar-refractivity contribution in [3.8, 4) is 0 Å². The number of ether oxygens (including phenoxy) is 1. The van der Waals surface area contributed by atoms with Crippen LogP contribution in [-0.4, -0.2) is 30.8 Å². The Bertz CT molecular complexity index is 395. The Morgan fingerprint density at radius 3 is 2.82 bits per heavy atom. The van der Waals surface area contributed by atoms with Gasteiger partial charge in [0.05, 0.1) is 12.6 Å². The number of aromatic nitrogens is 1. The van der Waals surface area contributed by atoms with E-state index in [4.69, 9.17) is 4.74 Å². The molecule has 2 heterocycles. The number of pyridine rings is 1. The van der Waals surface area contributed by atoms with Gasteiger partial charge < -0.3 is 15.4 Å². The summed E-state index contributed by atoms with van der Waals surface area (Å²) in [6.07, 6.45) is 0.801. The van der Waals surface area contributed by atoms with Gasteiger partial charge in [-0.05, 0) is 13.3 Å². The second-order valence-corrected chi connectivity index (χ2v) is 3.88. The van der Waals surface area contributed by atoms with E-state index >= 15 is 0 Å². The molecule has 2 N–H and O–H groups in total. The minimum Gasteiger partial charge on any atom is -0.379 e. The first-order valence-corrected chi connectivity index (χ1v) is 5.65. The van der Waals surface area contributed by atoms with E-state index in [2.05, 4.69) is 15.6 Å². The summed E-state index contributed by atoms with van der Waals surface area (Å²) in [5.74, 6) is -1.23. The molecule has 1 unspecified atom stereocenters. The summed E-state index contributed by atoms with van der Waals surface area (Å²) in [5.41, 5.74) is 0. The molecule has 0 radical (unpaired) electrons. The molecule has 1 saturated heterocycles. The highest BCUT2D eigenvalue weighted by atomic mass is 19.1. The molecular formula is C11H15F2N3O. The van der Waals surface area contributed by atoms with Gasteiger partial charge in [0.1, 0.15) is 0 Å². The molecule has 1 aliphatic rings. The quantitative estimate of drug-likeness (QED) is 0.849. The van der Waals surface area contributed by atoms with Crippen LogP contribution in [0.3, 0.4) is 0 Å². The second kappa shape index (κ2) is 5.27. The number of hydrogen-bond donors (Lipinski definition) is 2. The summed E-state index contributed by atoms with van der Waals surface area (Å²) in [6.45, 7) is 3.53. The van der Waals surface area contributed by atoms with Crippen LogP contribution >= 0.6 is 0 Å². The van der Waals surface area contributed by atoms with Crippen LogP contribution in [0.15, 0.2) is 6.07 Å². The minimum absolute atomic E-state index is 0.0388. The van der Waals surface area contributed by atoms with Crippen molar-refractivity contribution in [2.45, 2.75) is 19.4 Å². The Labute approximate surface area is 98.4 Å². The molecule has 2 rings (SSSR count). The predicted molar refractivity (Wildman–Crippen MR) is 61.2 cm³/mol. The Kier molecular flexibility index (Phi) is 3.73. The predicted octanol–water partition coefficient (Wildman–Crippen LogP) is 1.99. The lowest BCUT2D eigenvalue weighted by molar-refractivity contribution is 0.195. The van der Waals surface area contributed by atoms with Crippen LogP contribution in [0.2, 0.25) is 0 Å². The zero-order valence-electron chi connectivity index (χ0n) is 9.59. The number of anilines is 2. The van der Waals surface area contributed by atoms with Gasteiger partial charge in [0.15, 0.2) is 23.3 Å². The first kappa shape index (κ1) is 12.0. The summed E-state index contributed by atoms with van der Waals surface area (Å²) in [4.78, 5) is 3.90. The first-order valence-electron chi connectivity index (χ1n) is 5.65. The van der Waals surface area contributed by atoms with Gasteiger partial charge in [0, 0.05) is 19.2 Å². The summed E-state index contributed by atoms with van der Waals surface area (Å²) >= 11 is 0. The molecule has 0 saturated carbocycles. The lowest BCUT2D eigenvalue weighted by Crippen LogP contribution is -2.21. The molecule has 1 aromatic rings. The van der Waals surface area contributed by atoms with Crippen molar-refractivity contribution in [3.63, 3.8) is 0 Å². The van der Waals surface area contributed by atoms with E-state index in [9.17, 15) is 8.78 Å². The Balaban J connectivity index is 2.16. The van der Waals surface area contributed by atoms with Gasteiger partial charge in [0.25, 0.3) is 0 Å². The van der Waals surface area contributed by atoms with Gasteiger partial charge in [0.2, 0.25) is 0 Å². The van der Waals surface area contributed by atoms with Gasteiger partial charge in [-0.1, -0.05) is 0 Å². The van der Waals surface area contributed by atoms with E-state index in [1.165, 1.54) is 0 Å². The molecule has 1 aromatic heterocycles. The molecule has 17 heavy (non-hydrogen) atoms. The smallest absolute Gasteiger partial charge is 0.168 e. The highest BCUT2D eigenvalue weighted by molar-refractivity contribution is 5.48. The number of hydrogen-bond acceptors (Lipinski definition) is 4. The van der Waals surface area contributed by atoms with Crippen molar-refractivity contribution in [1.29, 1.82) is 0 Å². The molecule has 6 heteroatoms. The average Bonchev–Trinajstić information content (AvgIpc) is 2.78. The van der Waals surface area contributed by atoms with Gasteiger partial charge in [-0.3, -0.25) is 0 Å². The minimum atomic E-state index is -0.684. The fraction of sp³-hybridized carbons (Fsp3) is 0.545. The fourth-order valence-corrected chi connectivity index (χ4v) is 1.70. The lowest BCUT2D eigenvalue weighted by atomic mass is 10.2. The third kappa shape index (κ3) is 2.82. The molecule has 1 atom stereocenters. The van der Waals surface area contributed by atoms with E-state index in [1.54, 1.807) is 0 Å². The largest absolute Gasteiger partial charge is 0.379 e. The van der Waals surface area contributed by atoms with E-state index in [1.807, 2.05) is 6.92 Å². The van der Waals surface area contributed by atoms with Crippen LogP contribution in [0.4, 0.5) is 20.4 Å². The zero-order chi connectivity index (χ0) is 12.3.